The fourth-order valence-corrected chi connectivity index (χ4v) is 2.81. The van der Waals surface area contributed by atoms with Crippen LogP contribution in [0.25, 0.3) is 0 Å². The maximum Gasteiger partial charge on any atom is 0.282 e. The number of para-hydroxylation sites is 1. The molecule has 1 aliphatic heterocycles. The van der Waals surface area contributed by atoms with Crippen molar-refractivity contribution in [2.24, 2.45) is 4.40 Å². The summed E-state index contributed by atoms with van der Waals surface area (Å²) < 4.78 is 38.6. The largest absolute Gasteiger partial charge is 0.454 e. The SMILES string of the molecule is Cc1ccc(S(=O)(=O)/N=C\c2cccc3c2OCO3)cc1. The molecule has 0 bridgehead atoms. The fourth-order valence-electron chi connectivity index (χ4n) is 1.95. The summed E-state index contributed by atoms with van der Waals surface area (Å²) >= 11 is 0. The highest BCUT2D eigenvalue weighted by atomic mass is 32.2. The van der Waals surface area contributed by atoms with Gasteiger partial charge in [0.05, 0.1) is 11.1 Å². The van der Waals surface area contributed by atoms with Crippen molar-refractivity contribution < 1.29 is 17.9 Å². The van der Waals surface area contributed by atoms with Crippen LogP contribution in [0.15, 0.2) is 51.8 Å². The van der Waals surface area contributed by atoms with E-state index in [9.17, 15) is 8.42 Å². The molecular formula is C15H13NO4S. The van der Waals surface area contributed by atoms with Gasteiger partial charge in [-0.2, -0.15) is 12.8 Å². The number of rotatable bonds is 3. The predicted molar refractivity (Wildman–Crippen MR) is 78.5 cm³/mol. The Hall–Kier alpha value is -2.34. The predicted octanol–water partition coefficient (Wildman–Crippen LogP) is 2.53. The van der Waals surface area contributed by atoms with Gasteiger partial charge in [0, 0.05) is 5.56 Å². The van der Waals surface area contributed by atoms with Gasteiger partial charge in [-0.1, -0.05) is 23.8 Å². The zero-order valence-corrected chi connectivity index (χ0v) is 12.1. The first-order chi connectivity index (χ1) is 10.1. The van der Waals surface area contributed by atoms with Crippen molar-refractivity contribution in [2.75, 3.05) is 6.79 Å². The second-order valence-corrected chi connectivity index (χ2v) is 6.24. The summed E-state index contributed by atoms with van der Waals surface area (Å²) in [6, 6.07) is 11.8. The lowest BCUT2D eigenvalue weighted by atomic mass is 10.2. The maximum absolute atomic E-state index is 12.1. The minimum absolute atomic E-state index is 0.130. The summed E-state index contributed by atoms with van der Waals surface area (Å²) in [7, 11) is -3.72. The van der Waals surface area contributed by atoms with Crippen LogP contribution in [0.5, 0.6) is 11.5 Å². The number of sulfonamides is 1. The molecule has 3 rings (SSSR count). The van der Waals surface area contributed by atoms with E-state index in [1.54, 1.807) is 30.3 Å². The maximum atomic E-state index is 12.1. The average molecular weight is 303 g/mol. The standard InChI is InChI=1S/C15H13NO4S/c1-11-5-7-13(8-6-11)21(17,18)16-9-12-3-2-4-14-15(12)20-10-19-14/h2-9H,10H2,1H3/b16-9-. The molecule has 2 aromatic rings. The van der Waals surface area contributed by atoms with Gasteiger partial charge in [-0.3, -0.25) is 0 Å². The first-order valence-corrected chi connectivity index (χ1v) is 7.76. The highest BCUT2D eigenvalue weighted by molar-refractivity contribution is 7.90. The van der Waals surface area contributed by atoms with E-state index >= 15 is 0 Å². The molecule has 108 valence electrons. The Morgan fingerprint density at radius 1 is 1.10 bits per heavy atom. The second-order valence-electron chi connectivity index (χ2n) is 4.60. The molecule has 0 N–H and O–H groups in total. The Kier molecular flexibility index (Phi) is 3.39. The Labute approximate surface area is 122 Å². The topological polar surface area (TPSA) is 65.0 Å². The lowest BCUT2D eigenvalue weighted by Gasteiger charge is -2.01. The summed E-state index contributed by atoms with van der Waals surface area (Å²) in [6.45, 7) is 2.02. The summed E-state index contributed by atoms with van der Waals surface area (Å²) in [5.74, 6) is 1.10. The quantitative estimate of drug-likeness (QED) is 0.817. The average Bonchev–Trinajstić information content (AvgIpc) is 2.94. The Bertz CT molecular complexity index is 795. The first-order valence-electron chi connectivity index (χ1n) is 6.32. The molecule has 0 radical (unpaired) electrons. The van der Waals surface area contributed by atoms with E-state index in [2.05, 4.69) is 4.40 Å². The van der Waals surface area contributed by atoms with Gasteiger partial charge >= 0.3 is 0 Å². The van der Waals surface area contributed by atoms with E-state index in [0.29, 0.717) is 17.1 Å². The Morgan fingerprint density at radius 3 is 2.62 bits per heavy atom. The molecule has 1 aliphatic rings. The van der Waals surface area contributed by atoms with Crippen LogP contribution in [0.3, 0.4) is 0 Å². The van der Waals surface area contributed by atoms with Crippen molar-refractivity contribution in [2.45, 2.75) is 11.8 Å². The zero-order chi connectivity index (χ0) is 14.9. The number of benzene rings is 2. The van der Waals surface area contributed by atoms with Gasteiger partial charge < -0.3 is 9.47 Å². The molecule has 0 saturated carbocycles. The highest BCUT2D eigenvalue weighted by Gasteiger charge is 2.17. The number of hydrogen-bond donors (Lipinski definition) is 0. The molecule has 0 aliphatic carbocycles. The van der Waals surface area contributed by atoms with Gasteiger partial charge in [-0.25, -0.2) is 0 Å². The third kappa shape index (κ3) is 2.75. The molecule has 0 spiro atoms. The number of aryl methyl sites for hydroxylation is 1. The fraction of sp³-hybridized carbons (Fsp3) is 0.133. The van der Waals surface area contributed by atoms with Crippen molar-refractivity contribution >= 4 is 16.2 Å². The van der Waals surface area contributed by atoms with Gasteiger partial charge in [0.25, 0.3) is 10.0 Å². The lowest BCUT2D eigenvalue weighted by Crippen LogP contribution is -1.98. The van der Waals surface area contributed by atoms with Gasteiger partial charge in [0.15, 0.2) is 11.5 Å². The van der Waals surface area contributed by atoms with Crippen LogP contribution < -0.4 is 9.47 Å². The molecule has 1 heterocycles. The highest BCUT2D eigenvalue weighted by Crippen LogP contribution is 2.34. The first kappa shape index (κ1) is 13.6. The molecule has 6 heteroatoms. The van der Waals surface area contributed by atoms with Crippen LogP contribution in [0, 0.1) is 6.92 Å². The molecule has 21 heavy (non-hydrogen) atoms. The van der Waals surface area contributed by atoms with Crippen molar-refractivity contribution in [3.8, 4) is 11.5 Å². The smallest absolute Gasteiger partial charge is 0.282 e. The van der Waals surface area contributed by atoms with Gasteiger partial charge in [-0.05, 0) is 31.2 Å². The summed E-state index contributed by atoms with van der Waals surface area (Å²) in [5.41, 5.74) is 1.56. The number of ether oxygens (including phenoxy) is 2. The van der Waals surface area contributed by atoms with Gasteiger partial charge in [0.1, 0.15) is 0 Å². The van der Waals surface area contributed by atoms with Gasteiger partial charge in [-0.15, -0.1) is 0 Å². The monoisotopic (exact) mass is 303 g/mol. The summed E-state index contributed by atoms with van der Waals surface area (Å²) in [5, 5.41) is 0. The Morgan fingerprint density at radius 2 is 1.86 bits per heavy atom. The lowest BCUT2D eigenvalue weighted by molar-refractivity contribution is 0.174. The minimum Gasteiger partial charge on any atom is -0.454 e. The van der Waals surface area contributed by atoms with Crippen LogP contribution in [-0.4, -0.2) is 21.4 Å². The van der Waals surface area contributed by atoms with Gasteiger partial charge in [0.2, 0.25) is 6.79 Å². The summed E-state index contributed by atoms with van der Waals surface area (Å²) in [4.78, 5) is 0.161. The molecular weight excluding hydrogens is 290 g/mol. The van der Waals surface area contributed by atoms with E-state index in [1.807, 2.05) is 6.92 Å². The minimum atomic E-state index is -3.72. The van der Waals surface area contributed by atoms with E-state index in [0.717, 1.165) is 5.56 Å². The normalized spacial score (nSPS) is 13.8. The van der Waals surface area contributed by atoms with Crippen molar-refractivity contribution in [1.82, 2.24) is 0 Å². The van der Waals surface area contributed by atoms with E-state index < -0.39 is 10.0 Å². The molecule has 0 amide bonds. The number of fused-ring (bicyclic) bond motifs is 1. The third-order valence-corrected chi connectivity index (χ3v) is 4.33. The molecule has 0 fully saturated rings. The van der Waals surface area contributed by atoms with Crippen LogP contribution in [-0.2, 0) is 10.0 Å². The molecule has 2 aromatic carbocycles. The van der Waals surface area contributed by atoms with Crippen LogP contribution in [0.4, 0.5) is 0 Å². The van der Waals surface area contributed by atoms with Crippen molar-refractivity contribution in [3.05, 3.63) is 53.6 Å². The summed E-state index contributed by atoms with van der Waals surface area (Å²) in [6.07, 6.45) is 1.28. The third-order valence-electron chi connectivity index (χ3n) is 3.08. The van der Waals surface area contributed by atoms with E-state index in [4.69, 9.17) is 9.47 Å². The Balaban J connectivity index is 1.92. The molecule has 0 unspecified atom stereocenters. The number of hydrogen-bond acceptors (Lipinski definition) is 4. The molecule has 0 atom stereocenters. The zero-order valence-electron chi connectivity index (χ0n) is 11.3. The van der Waals surface area contributed by atoms with Crippen LogP contribution in [0.2, 0.25) is 0 Å². The molecule has 5 nitrogen and oxygen atoms in total. The van der Waals surface area contributed by atoms with Crippen molar-refractivity contribution in [3.63, 3.8) is 0 Å². The van der Waals surface area contributed by atoms with Crippen LogP contribution >= 0.6 is 0 Å². The second kappa shape index (κ2) is 5.21. The van der Waals surface area contributed by atoms with E-state index in [1.165, 1.54) is 18.3 Å². The molecule has 0 saturated heterocycles. The number of nitrogens with zero attached hydrogens (tertiary/aromatic N) is 1. The molecule has 0 aromatic heterocycles. The van der Waals surface area contributed by atoms with Crippen LogP contribution in [0.1, 0.15) is 11.1 Å². The van der Waals surface area contributed by atoms with E-state index in [-0.39, 0.29) is 11.7 Å². The van der Waals surface area contributed by atoms with Crippen molar-refractivity contribution in [1.29, 1.82) is 0 Å².